The Balaban J connectivity index is 1.07. The van der Waals surface area contributed by atoms with E-state index in [4.69, 9.17) is 4.74 Å². The van der Waals surface area contributed by atoms with Gasteiger partial charge < -0.3 is 14.5 Å². The van der Waals surface area contributed by atoms with Gasteiger partial charge in [0.15, 0.2) is 0 Å². The maximum Gasteiger partial charge on any atom is 0.256 e. The van der Waals surface area contributed by atoms with Crippen LogP contribution in [0, 0.1) is 0 Å². The number of nitrogens with zero attached hydrogens (tertiary/aromatic N) is 2. The minimum Gasteiger partial charge on any atom is -0.458 e. The highest BCUT2D eigenvalue weighted by Gasteiger charge is 2.41. The Hall–Kier alpha value is -6.30. The molecule has 2 aliphatic heterocycles. The van der Waals surface area contributed by atoms with Crippen LogP contribution in [0.15, 0.2) is 176 Å². The first kappa shape index (κ1) is 28.5. The van der Waals surface area contributed by atoms with Crippen LogP contribution in [-0.4, -0.2) is 6.71 Å². The van der Waals surface area contributed by atoms with Crippen LogP contribution in [0.2, 0.25) is 0 Å². The van der Waals surface area contributed by atoms with E-state index in [9.17, 15) is 0 Å². The summed E-state index contributed by atoms with van der Waals surface area (Å²) in [6.45, 7) is 0.0759. The van der Waals surface area contributed by atoms with Gasteiger partial charge in [0.1, 0.15) is 11.5 Å². The molecule has 3 heterocycles. The fourth-order valence-corrected chi connectivity index (χ4v) is 9.54. The molecule has 0 amide bonds. The van der Waals surface area contributed by atoms with Gasteiger partial charge in [0.2, 0.25) is 0 Å². The highest BCUT2D eigenvalue weighted by molar-refractivity contribution is 7.26. The number of para-hydroxylation sites is 4. The summed E-state index contributed by atoms with van der Waals surface area (Å²) in [6.07, 6.45) is 0. The number of thiophene rings is 1. The molecule has 0 saturated heterocycles. The second-order valence-electron chi connectivity index (χ2n) is 13.3. The van der Waals surface area contributed by atoms with Gasteiger partial charge in [-0.1, -0.05) is 97.1 Å². The number of rotatable bonds is 4. The predicted molar refractivity (Wildman–Crippen MR) is 217 cm³/mol. The summed E-state index contributed by atoms with van der Waals surface area (Å²) in [5.74, 6) is 1.87. The first-order chi connectivity index (χ1) is 25.3. The monoisotopic (exact) mass is 668 g/mol. The Kier molecular flexibility index (Phi) is 6.22. The lowest BCUT2D eigenvalue weighted by molar-refractivity contribution is 0.488. The van der Waals surface area contributed by atoms with Crippen molar-refractivity contribution in [3.05, 3.63) is 176 Å². The van der Waals surface area contributed by atoms with E-state index in [0.29, 0.717) is 0 Å². The number of ether oxygens (including phenoxy) is 1. The largest absolute Gasteiger partial charge is 0.458 e. The number of benzene rings is 8. The van der Waals surface area contributed by atoms with E-state index in [0.717, 1.165) is 34.2 Å². The molecule has 0 bridgehead atoms. The molecule has 238 valence electrons. The van der Waals surface area contributed by atoms with Crippen molar-refractivity contribution in [2.75, 3.05) is 9.80 Å². The fourth-order valence-electron chi connectivity index (χ4n) is 8.27. The molecule has 1 aromatic heterocycles. The molecular weight excluding hydrogens is 639 g/mol. The fraction of sp³-hybridized carbons (Fsp3) is 0. The summed E-state index contributed by atoms with van der Waals surface area (Å²) in [5, 5.41) is 5.00. The summed E-state index contributed by atoms with van der Waals surface area (Å²) in [6, 6.07) is 63.3. The van der Waals surface area contributed by atoms with Crippen molar-refractivity contribution in [1.29, 1.82) is 0 Å². The van der Waals surface area contributed by atoms with Gasteiger partial charge in [-0.3, -0.25) is 0 Å². The number of anilines is 6. The van der Waals surface area contributed by atoms with E-state index in [1.165, 1.54) is 58.7 Å². The minimum atomic E-state index is 0.0759. The van der Waals surface area contributed by atoms with Crippen LogP contribution in [0.5, 0.6) is 11.5 Å². The third kappa shape index (κ3) is 4.32. The van der Waals surface area contributed by atoms with Crippen LogP contribution in [0.3, 0.4) is 0 Å². The number of fused-ring (bicyclic) bond motifs is 9. The van der Waals surface area contributed by atoms with Crippen molar-refractivity contribution in [1.82, 2.24) is 0 Å². The number of hydrogen-bond acceptors (Lipinski definition) is 4. The van der Waals surface area contributed by atoms with Crippen molar-refractivity contribution in [2.24, 2.45) is 0 Å². The average molecular weight is 669 g/mol. The van der Waals surface area contributed by atoms with E-state index in [-0.39, 0.29) is 6.71 Å². The molecule has 0 unspecified atom stereocenters. The average Bonchev–Trinajstić information content (AvgIpc) is 3.56. The molecular formula is C46H29BN2OS. The van der Waals surface area contributed by atoms with Gasteiger partial charge in [-0.05, 0) is 106 Å². The van der Waals surface area contributed by atoms with Crippen LogP contribution < -0.4 is 30.9 Å². The molecule has 2 aliphatic rings. The third-order valence-corrected chi connectivity index (χ3v) is 11.7. The zero-order valence-electron chi connectivity index (χ0n) is 27.5. The Morgan fingerprint density at radius 2 is 1.18 bits per heavy atom. The topological polar surface area (TPSA) is 15.7 Å². The van der Waals surface area contributed by atoms with E-state index >= 15 is 0 Å². The van der Waals surface area contributed by atoms with Crippen molar-refractivity contribution in [3.63, 3.8) is 0 Å². The first-order valence-electron chi connectivity index (χ1n) is 17.4. The minimum absolute atomic E-state index is 0.0759. The second kappa shape index (κ2) is 11.1. The van der Waals surface area contributed by atoms with Gasteiger partial charge in [0, 0.05) is 54.3 Å². The Morgan fingerprint density at radius 3 is 1.96 bits per heavy atom. The molecule has 0 saturated carbocycles. The summed E-state index contributed by atoms with van der Waals surface area (Å²) < 4.78 is 9.42. The molecule has 8 aromatic carbocycles. The summed E-state index contributed by atoms with van der Waals surface area (Å²) in [7, 11) is 0. The van der Waals surface area contributed by atoms with E-state index < -0.39 is 0 Å². The maximum absolute atomic E-state index is 6.84. The third-order valence-electron chi connectivity index (χ3n) is 10.5. The summed E-state index contributed by atoms with van der Waals surface area (Å²) >= 11 is 1.89. The zero-order valence-corrected chi connectivity index (χ0v) is 28.3. The van der Waals surface area contributed by atoms with Gasteiger partial charge in [0.05, 0.1) is 0 Å². The number of hydrogen-bond donors (Lipinski definition) is 0. The maximum atomic E-state index is 6.84. The Morgan fingerprint density at radius 1 is 0.490 bits per heavy atom. The lowest BCUT2D eigenvalue weighted by Crippen LogP contribution is -2.59. The first-order valence-corrected chi connectivity index (χ1v) is 18.2. The molecule has 0 N–H and O–H groups in total. The molecule has 0 fully saturated rings. The lowest BCUT2D eigenvalue weighted by atomic mass is 9.34. The molecule has 51 heavy (non-hydrogen) atoms. The second-order valence-corrected chi connectivity index (χ2v) is 14.3. The van der Waals surface area contributed by atoms with Gasteiger partial charge >= 0.3 is 0 Å². The SMILES string of the molecule is c1ccc(N(c2ccccc2)c2ccc3c(ccc4c5cc6c(cc5sc34)B3c4ccccc4N(c4ccccc4)c4cccc(c43)O6)c2)cc1. The molecule has 0 atom stereocenters. The van der Waals surface area contributed by atoms with Crippen LogP contribution in [-0.2, 0) is 0 Å². The Labute approximate surface area is 300 Å². The normalized spacial score (nSPS) is 12.8. The molecule has 11 rings (SSSR count). The van der Waals surface area contributed by atoms with Gasteiger partial charge in [0.25, 0.3) is 6.71 Å². The predicted octanol–water partition coefficient (Wildman–Crippen LogP) is 11.1. The van der Waals surface area contributed by atoms with E-state index in [1.54, 1.807) is 0 Å². The molecule has 9 aromatic rings. The Bertz CT molecular complexity index is 2760. The van der Waals surface area contributed by atoms with Crippen molar-refractivity contribution in [3.8, 4) is 11.5 Å². The van der Waals surface area contributed by atoms with Crippen molar-refractivity contribution < 1.29 is 4.74 Å². The molecule has 3 nitrogen and oxygen atoms in total. The van der Waals surface area contributed by atoms with Crippen LogP contribution in [0.4, 0.5) is 34.1 Å². The van der Waals surface area contributed by atoms with E-state index in [1.807, 2.05) is 11.3 Å². The smallest absolute Gasteiger partial charge is 0.256 e. The van der Waals surface area contributed by atoms with Crippen LogP contribution in [0.1, 0.15) is 0 Å². The van der Waals surface area contributed by atoms with Gasteiger partial charge in [-0.15, -0.1) is 11.3 Å². The van der Waals surface area contributed by atoms with Crippen LogP contribution >= 0.6 is 11.3 Å². The van der Waals surface area contributed by atoms with Crippen LogP contribution in [0.25, 0.3) is 30.9 Å². The quantitative estimate of drug-likeness (QED) is 0.174. The van der Waals surface area contributed by atoms with Crippen molar-refractivity contribution in [2.45, 2.75) is 0 Å². The summed E-state index contributed by atoms with van der Waals surface area (Å²) in [4.78, 5) is 4.71. The molecule has 0 radical (unpaired) electrons. The van der Waals surface area contributed by atoms with Gasteiger partial charge in [-0.25, -0.2) is 0 Å². The zero-order chi connectivity index (χ0) is 33.5. The highest BCUT2D eigenvalue weighted by atomic mass is 32.1. The lowest BCUT2D eigenvalue weighted by Gasteiger charge is -2.39. The van der Waals surface area contributed by atoms with Gasteiger partial charge in [-0.2, -0.15) is 0 Å². The molecule has 0 spiro atoms. The standard InChI is InChI=1S/C46H29BN2OS/c1-4-13-31(14-5-1)48(32-15-6-2-7-16-32)34-24-26-35-30(27-34)23-25-36-37-28-43-39(29-44(37)51-46(35)36)47-38-19-10-11-20-40(38)49(33-17-8-3-9-18-33)41-21-12-22-42(50-43)45(41)47/h1-29H. The summed E-state index contributed by atoms with van der Waals surface area (Å²) in [5.41, 5.74) is 10.7. The highest BCUT2D eigenvalue weighted by Crippen LogP contribution is 2.45. The van der Waals surface area contributed by atoms with E-state index in [2.05, 4.69) is 186 Å². The van der Waals surface area contributed by atoms with Crippen molar-refractivity contribution >= 4 is 99.5 Å². The molecule has 5 heteroatoms. The molecule has 0 aliphatic carbocycles.